The maximum absolute atomic E-state index is 12.5. The van der Waals surface area contributed by atoms with E-state index in [0.29, 0.717) is 11.1 Å². The van der Waals surface area contributed by atoms with Crippen LogP contribution in [0.25, 0.3) is 0 Å². The third-order valence-electron chi connectivity index (χ3n) is 3.14. The van der Waals surface area contributed by atoms with Crippen LogP contribution in [0.3, 0.4) is 0 Å². The van der Waals surface area contributed by atoms with Gasteiger partial charge in [0.1, 0.15) is 0 Å². The lowest BCUT2D eigenvalue weighted by Gasteiger charge is -2.07. The molecule has 0 saturated heterocycles. The van der Waals surface area contributed by atoms with Crippen LogP contribution in [-0.2, 0) is 23.9 Å². The Labute approximate surface area is 123 Å². The summed E-state index contributed by atoms with van der Waals surface area (Å²) in [5.41, 5.74) is -0.269. The number of H-pyrrole nitrogens is 1. The molecule has 8 heteroatoms. The molecular weight excluding hydrogens is 301 g/mol. The molecule has 1 heterocycles. The van der Waals surface area contributed by atoms with Crippen LogP contribution in [0.5, 0.6) is 0 Å². The van der Waals surface area contributed by atoms with Gasteiger partial charge in [0, 0.05) is 18.2 Å². The van der Waals surface area contributed by atoms with Crippen LogP contribution in [0, 0.1) is 0 Å². The van der Waals surface area contributed by atoms with Gasteiger partial charge in [-0.2, -0.15) is 13.2 Å². The van der Waals surface area contributed by atoms with E-state index in [0.717, 1.165) is 12.1 Å². The maximum Gasteiger partial charge on any atom is 0.416 e. The number of aromatic amines is 1. The molecule has 0 aliphatic heterocycles. The molecule has 0 atom stereocenters. The number of aliphatic carboxylic acids is 1. The number of nitrogens with one attached hydrogen (secondary N) is 1. The summed E-state index contributed by atoms with van der Waals surface area (Å²) in [5, 5.41) is 11.3. The van der Waals surface area contributed by atoms with Gasteiger partial charge in [0.05, 0.1) is 12.1 Å². The molecule has 0 fully saturated rings. The highest BCUT2D eigenvalue weighted by Crippen LogP contribution is 2.29. The molecule has 5 nitrogen and oxygen atoms in total. The molecule has 2 rings (SSSR count). The molecule has 22 heavy (non-hydrogen) atoms. The molecule has 0 saturated carbocycles. The first-order chi connectivity index (χ1) is 10.3. The van der Waals surface area contributed by atoms with Crippen LogP contribution in [0.15, 0.2) is 35.3 Å². The van der Waals surface area contributed by atoms with Gasteiger partial charge in [0.25, 0.3) is 5.56 Å². The number of nitrogens with zero attached hydrogens (tertiary/aromatic N) is 1. The van der Waals surface area contributed by atoms with Crippen molar-refractivity contribution in [1.82, 2.24) is 9.78 Å². The zero-order chi connectivity index (χ0) is 16.3. The highest BCUT2D eigenvalue weighted by molar-refractivity contribution is 5.67. The predicted octanol–water partition coefficient (Wildman–Crippen LogP) is 2.26. The Morgan fingerprint density at radius 3 is 2.41 bits per heavy atom. The van der Waals surface area contributed by atoms with Gasteiger partial charge in [-0.05, 0) is 24.1 Å². The number of halogens is 3. The van der Waals surface area contributed by atoms with Gasteiger partial charge < -0.3 is 10.2 Å². The summed E-state index contributed by atoms with van der Waals surface area (Å²) < 4.78 is 38.6. The van der Waals surface area contributed by atoms with E-state index in [-0.39, 0.29) is 24.9 Å². The third-order valence-corrected chi connectivity index (χ3v) is 3.14. The van der Waals surface area contributed by atoms with Crippen molar-refractivity contribution >= 4 is 5.97 Å². The monoisotopic (exact) mass is 314 g/mol. The minimum absolute atomic E-state index is 0.0873. The summed E-state index contributed by atoms with van der Waals surface area (Å²) in [6.07, 6.45) is -3.04. The molecule has 0 aliphatic rings. The van der Waals surface area contributed by atoms with Gasteiger partial charge >= 0.3 is 12.1 Å². The Bertz CT molecular complexity index is 714. The molecule has 0 aliphatic carbocycles. The third kappa shape index (κ3) is 3.78. The van der Waals surface area contributed by atoms with E-state index in [2.05, 4.69) is 5.10 Å². The van der Waals surface area contributed by atoms with E-state index < -0.39 is 17.7 Å². The molecule has 0 radical (unpaired) electrons. The largest absolute Gasteiger partial charge is 0.481 e. The van der Waals surface area contributed by atoms with E-state index >= 15 is 0 Å². The summed E-state index contributed by atoms with van der Waals surface area (Å²) in [7, 11) is 0. The molecule has 118 valence electrons. The number of rotatable bonds is 5. The van der Waals surface area contributed by atoms with Gasteiger partial charge in [-0.25, -0.2) is 4.68 Å². The van der Waals surface area contributed by atoms with Crippen LogP contribution in [0.1, 0.15) is 23.1 Å². The topological polar surface area (TPSA) is 75.1 Å². The first-order valence-corrected chi connectivity index (χ1v) is 6.42. The van der Waals surface area contributed by atoms with Crippen molar-refractivity contribution in [2.75, 3.05) is 0 Å². The fraction of sp³-hybridized carbons (Fsp3) is 0.286. The van der Waals surface area contributed by atoms with Crippen molar-refractivity contribution in [3.63, 3.8) is 0 Å². The second kappa shape index (κ2) is 6.08. The number of carboxylic acid groups (broad SMARTS) is 1. The van der Waals surface area contributed by atoms with E-state index in [1.54, 1.807) is 0 Å². The van der Waals surface area contributed by atoms with Gasteiger partial charge in [-0.1, -0.05) is 12.1 Å². The lowest BCUT2D eigenvalue weighted by molar-refractivity contribution is -0.138. The van der Waals surface area contributed by atoms with Crippen LogP contribution in [-0.4, -0.2) is 20.9 Å². The number of hydrogen-bond donors (Lipinski definition) is 2. The summed E-state index contributed by atoms with van der Waals surface area (Å²) in [6, 6.07) is 4.50. The van der Waals surface area contributed by atoms with Crippen molar-refractivity contribution in [1.29, 1.82) is 0 Å². The van der Waals surface area contributed by atoms with Gasteiger partial charge in [-0.3, -0.25) is 9.59 Å². The van der Waals surface area contributed by atoms with Gasteiger partial charge in [0.15, 0.2) is 0 Å². The Morgan fingerprint density at radius 1 is 1.23 bits per heavy atom. The Kier molecular flexibility index (Phi) is 4.39. The van der Waals surface area contributed by atoms with Crippen LogP contribution in [0.2, 0.25) is 0 Å². The number of carboxylic acids is 1. The smallest absolute Gasteiger partial charge is 0.416 e. The number of aromatic nitrogens is 2. The van der Waals surface area contributed by atoms with Crippen molar-refractivity contribution in [2.45, 2.75) is 25.6 Å². The normalized spacial score (nSPS) is 11.6. The molecule has 0 bridgehead atoms. The summed E-state index contributed by atoms with van der Waals surface area (Å²) >= 11 is 0. The Balaban J connectivity index is 2.11. The molecule has 1 aromatic heterocycles. The second-order valence-corrected chi connectivity index (χ2v) is 4.78. The molecule has 0 unspecified atom stereocenters. The summed E-state index contributed by atoms with van der Waals surface area (Å²) in [5.74, 6) is -1.00. The highest BCUT2D eigenvalue weighted by atomic mass is 19.4. The van der Waals surface area contributed by atoms with E-state index in [1.807, 2.05) is 0 Å². The highest BCUT2D eigenvalue weighted by Gasteiger charge is 2.29. The fourth-order valence-electron chi connectivity index (χ4n) is 1.97. The molecule has 0 amide bonds. The SMILES string of the molecule is O=C(O)CCc1c[nH]n(Cc2ccc(C(F)(F)F)cc2)c1=O. The lowest BCUT2D eigenvalue weighted by atomic mass is 10.1. The first-order valence-electron chi connectivity index (χ1n) is 6.42. The fourth-order valence-corrected chi connectivity index (χ4v) is 1.97. The van der Waals surface area contributed by atoms with Crippen molar-refractivity contribution in [2.24, 2.45) is 0 Å². The zero-order valence-electron chi connectivity index (χ0n) is 11.4. The Hall–Kier alpha value is -2.51. The van der Waals surface area contributed by atoms with Gasteiger partial charge in [-0.15, -0.1) is 0 Å². The zero-order valence-corrected chi connectivity index (χ0v) is 11.4. The summed E-state index contributed by atoms with van der Waals surface area (Å²) in [4.78, 5) is 22.5. The number of benzene rings is 1. The molecular formula is C14H13F3N2O3. The van der Waals surface area contributed by atoms with Crippen molar-refractivity contribution in [3.8, 4) is 0 Å². The standard InChI is InChI=1S/C14H13F3N2O3/c15-14(16,17)11-4-1-9(2-5-11)8-19-13(22)10(7-18-19)3-6-12(20)21/h1-2,4-5,7,18H,3,6,8H2,(H,20,21). The molecule has 1 aromatic carbocycles. The molecule has 2 N–H and O–H groups in total. The second-order valence-electron chi connectivity index (χ2n) is 4.78. The quantitative estimate of drug-likeness (QED) is 0.889. The van der Waals surface area contributed by atoms with Crippen molar-refractivity contribution < 1.29 is 23.1 Å². The van der Waals surface area contributed by atoms with E-state index in [1.165, 1.54) is 23.0 Å². The number of carbonyl (C=O) groups is 1. The predicted molar refractivity (Wildman–Crippen MR) is 71.6 cm³/mol. The lowest BCUT2D eigenvalue weighted by Crippen LogP contribution is -2.20. The minimum Gasteiger partial charge on any atom is -0.481 e. The first kappa shape index (κ1) is 15.9. The molecule has 2 aromatic rings. The number of hydrogen-bond acceptors (Lipinski definition) is 2. The molecule has 0 spiro atoms. The van der Waals surface area contributed by atoms with Gasteiger partial charge in [0.2, 0.25) is 0 Å². The van der Waals surface area contributed by atoms with E-state index in [4.69, 9.17) is 5.11 Å². The van der Waals surface area contributed by atoms with Crippen molar-refractivity contribution in [3.05, 3.63) is 57.5 Å². The average Bonchev–Trinajstić information content (AvgIpc) is 2.77. The Morgan fingerprint density at radius 2 is 1.86 bits per heavy atom. The summed E-state index contributed by atoms with van der Waals surface area (Å²) in [6.45, 7) is 0.0873. The van der Waals surface area contributed by atoms with Crippen LogP contribution < -0.4 is 5.56 Å². The number of alkyl halides is 3. The maximum atomic E-state index is 12.5. The minimum atomic E-state index is -4.40. The van der Waals surface area contributed by atoms with Crippen LogP contribution in [0.4, 0.5) is 13.2 Å². The van der Waals surface area contributed by atoms with E-state index in [9.17, 15) is 22.8 Å². The van der Waals surface area contributed by atoms with Crippen LogP contribution >= 0.6 is 0 Å². The average molecular weight is 314 g/mol. The number of aryl methyl sites for hydroxylation is 1.